The molecular formula is C93H64BCl4N16NaO14S4. The first-order valence-electron chi connectivity index (χ1n) is 34.5. The molecule has 0 saturated carbocycles. The molecule has 0 spiro atoms. The van der Waals surface area contributed by atoms with Crippen molar-refractivity contribution in [1.29, 1.82) is 0 Å². The van der Waals surface area contributed by atoms with Crippen LogP contribution in [0, 0.1) is 263 Å². The maximum Gasteiger partial charge on any atom is 1.00 e. The van der Waals surface area contributed by atoms with Gasteiger partial charge in [-0.1, -0.05) is 64.2 Å². The number of sulfone groups is 1. The zero-order chi connectivity index (χ0) is 99.1. The second kappa shape index (κ2) is 83.7. The Bertz CT molecular complexity index is 6750. The third-order valence-electron chi connectivity index (χ3n) is 10.9. The molecule has 30 nitrogen and oxygen atoms in total. The smallest absolute Gasteiger partial charge is 1.00 e. The first kappa shape index (κ1) is 123. The summed E-state index contributed by atoms with van der Waals surface area (Å²) in [5, 5.41) is 51.1. The summed E-state index contributed by atoms with van der Waals surface area (Å²) in [5.41, 5.74) is 10.1. The molecule has 1 atom stereocenters. The average Bonchev–Trinajstić information content (AvgIpc) is 1.72. The van der Waals surface area contributed by atoms with Crippen molar-refractivity contribution in [3.63, 3.8) is 0 Å². The Morgan fingerprint density at radius 1 is 0.474 bits per heavy atom. The number of halogens is 4. The van der Waals surface area contributed by atoms with Crippen LogP contribution in [0.5, 0.6) is 0 Å². The fourth-order valence-corrected chi connectivity index (χ4v) is 8.74. The Balaban J connectivity index is -0.000000707. The Morgan fingerprint density at radius 2 is 0.737 bits per heavy atom. The van der Waals surface area contributed by atoms with E-state index < -0.39 is 44.2 Å². The number of amides is 3. The number of hydrogen-bond acceptors (Lipinski definition) is 23. The maximum absolute atomic E-state index is 11.5. The standard InChI is InChI=1S/C15H4.C14H2.C13H4.C11H11ClN4O3S.C11H11ClN4O2S.C11H11ClN4OS.C8H7ClN4.C5H4.C3H6O2S.C2H4O2.BHO4.Na/c1-3-5-7-9-11-13-15-14-12-10-8-6-4-2;1-3-5-7-9-11-13-14-12-10-8-6-4-2;1-3-5-7-9-11-13-12-10-8-6-4-2;1-20(18,19)7-10(17)14-9-6-16(15-11(9)12)8-3-2-4-13-5-8;1-19(18)7-10(17)14-9-6-16(15-11(9)12)8-3-2-4-13-5-8;1-18-7-10(17)14-9-6-16(15-11(9)12)8-3-2-4-13-5-8;9-8-7(10)5-13(12-8)6-2-1-3-11-4-6;1-3-5-4-2;1-6-2-3(4)5;1-2(3)4;2-1-4-5-3;/h1H,2H3;1-2H;1H,2H3;2-6H,7H2,1H3,(H,14,17);2-6H,7H2,1H3,(H,14,17);2-6H,7H2,1H3,(H,14,17);1-5H,10H2;1H,2H3;2H2,1H3,(H,4,5);1H3,(H,3,4);3H;/q;;;;;;;;;;;+1/p-1. The molecule has 8 aromatic heterocycles. The van der Waals surface area contributed by atoms with Crippen LogP contribution in [0.1, 0.15) is 27.7 Å². The van der Waals surface area contributed by atoms with E-state index in [4.69, 9.17) is 109 Å². The van der Waals surface area contributed by atoms with E-state index in [0.717, 1.165) is 30.2 Å². The average molecular weight is 1930 g/mol. The van der Waals surface area contributed by atoms with Gasteiger partial charge in [0.15, 0.2) is 30.4 Å². The van der Waals surface area contributed by atoms with Crippen molar-refractivity contribution in [2.75, 3.05) is 69.7 Å². The van der Waals surface area contributed by atoms with Gasteiger partial charge in [-0.25, -0.2) is 27.1 Å². The molecule has 8 rings (SSSR count). The molecule has 3 amide bonds. The summed E-state index contributed by atoms with van der Waals surface area (Å²) >= 11 is 26.2. The SMILES string of the molecule is C#CC#CC.C#CC#CC#CC#CC#CC#CC.C#CC#CC#CC#CC#CC#CC#C.C#CC#CC#CC#CC#CC#CC#CC.CC(=O)O.CS(=O)(=O)CC(=O)Nc1cn(-c2cccnc2)nc1Cl.CS(=O)CC(=O)Nc1cn(-c2cccnc2)nc1Cl.CSCC(=O)Nc1cn(-c2cccnc2)nc1Cl.CSCC(=O)O.Nc1cn(-c2cccnc2)nc1Cl.O=BOO[O-].[Na+]. The molecule has 7 N–H and O–H groups in total. The number of nitrogen functional groups attached to an aromatic ring is 1. The molecule has 0 fully saturated rings. The third-order valence-corrected chi connectivity index (χ3v) is 14.6. The van der Waals surface area contributed by atoms with Crippen molar-refractivity contribution >= 4 is 150 Å². The summed E-state index contributed by atoms with van der Waals surface area (Å²) in [6, 6.07) is 14.4. The van der Waals surface area contributed by atoms with Crippen LogP contribution in [-0.4, -0.2) is 167 Å². The summed E-state index contributed by atoms with van der Waals surface area (Å²) < 4.78 is 47.9. The van der Waals surface area contributed by atoms with Gasteiger partial charge >= 0.3 is 62.7 Å². The zero-order valence-electron chi connectivity index (χ0n) is 71.2. The molecule has 0 radical (unpaired) electrons. The number of terminal acetylenes is 5. The van der Waals surface area contributed by atoms with Crippen LogP contribution in [0.25, 0.3) is 22.7 Å². The van der Waals surface area contributed by atoms with Gasteiger partial charge in [0.1, 0.15) is 11.5 Å². The second-order valence-corrected chi connectivity index (χ2v) is 27.6. The number of hydrogen-bond donors (Lipinski definition) is 6. The first-order chi connectivity index (χ1) is 63.5. The van der Waals surface area contributed by atoms with Gasteiger partial charge in [0.25, 0.3) is 5.97 Å². The molecule has 40 heteroatoms. The summed E-state index contributed by atoms with van der Waals surface area (Å²) in [5.74, 6) is 91.4. The van der Waals surface area contributed by atoms with Gasteiger partial charge in [-0.2, -0.15) is 43.9 Å². The van der Waals surface area contributed by atoms with Gasteiger partial charge in [-0.05, 0) is 295 Å². The van der Waals surface area contributed by atoms with E-state index in [0.29, 0.717) is 33.7 Å². The number of nitrogens with one attached hydrogen (secondary N) is 3. The van der Waals surface area contributed by atoms with Gasteiger partial charge in [0.05, 0.1) is 107 Å². The number of carbonyl (C=O) groups excluding carboxylic acids is 3. The number of nitrogens with two attached hydrogens (primary N) is 1. The molecule has 0 aliphatic heterocycles. The zero-order valence-corrected chi connectivity index (χ0v) is 79.5. The molecule has 8 heterocycles. The number of nitrogens with zero attached hydrogens (tertiary/aromatic N) is 12. The number of carboxylic acid groups (broad SMARTS) is 2. The summed E-state index contributed by atoms with van der Waals surface area (Å²) in [6.07, 6.45) is 49.8. The Labute approximate surface area is 825 Å². The van der Waals surface area contributed by atoms with Gasteiger partial charge in [0, 0.05) is 55.0 Å². The summed E-state index contributed by atoms with van der Waals surface area (Å²) in [6.45, 7) is 6.20. The summed E-state index contributed by atoms with van der Waals surface area (Å²) in [7, 11) is -4.70. The van der Waals surface area contributed by atoms with Gasteiger partial charge < -0.3 is 31.9 Å². The van der Waals surface area contributed by atoms with Crippen molar-refractivity contribution < 1.29 is 96.2 Å². The predicted octanol–water partition coefficient (Wildman–Crippen LogP) is 3.80. The van der Waals surface area contributed by atoms with Crippen LogP contribution in [0.3, 0.4) is 0 Å². The summed E-state index contributed by atoms with van der Waals surface area (Å²) in [4.78, 5) is 72.0. The molecule has 0 bridgehead atoms. The number of thioether (sulfide) groups is 2. The van der Waals surface area contributed by atoms with E-state index in [2.05, 4.69) is 297 Å². The largest absolute Gasteiger partial charge is 1.00 e. The fraction of sp³-hybridized carbons (Fsp3) is 0.129. The molecule has 0 aromatic carbocycles. The minimum absolute atomic E-state index is 0. The number of carboxylic acids is 2. The van der Waals surface area contributed by atoms with Crippen molar-refractivity contribution in [2.24, 2.45) is 0 Å². The number of aromatic nitrogens is 12. The van der Waals surface area contributed by atoms with E-state index >= 15 is 0 Å². The van der Waals surface area contributed by atoms with Crippen LogP contribution in [0.2, 0.25) is 20.6 Å². The van der Waals surface area contributed by atoms with E-state index in [-0.39, 0.29) is 81.4 Å². The number of anilines is 4. The van der Waals surface area contributed by atoms with Crippen LogP contribution in [0.4, 0.5) is 22.7 Å². The van der Waals surface area contributed by atoms with Gasteiger partial charge in [-0.15, -0.1) is 32.1 Å². The molecule has 1 unspecified atom stereocenters. The van der Waals surface area contributed by atoms with Crippen molar-refractivity contribution in [3.05, 3.63) is 144 Å². The molecule has 0 aliphatic carbocycles. The maximum atomic E-state index is 11.5. The van der Waals surface area contributed by atoms with Crippen LogP contribution >= 0.6 is 69.9 Å². The predicted molar refractivity (Wildman–Crippen MR) is 514 cm³/mol. The molecule has 8 aromatic rings. The first-order valence-corrected chi connectivity index (χ1v) is 42.6. The van der Waals surface area contributed by atoms with E-state index in [1.54, 1.807) is 129 Å². The Kier molecular flexibility index (Phi) is 77.2. The third kappa shape index (κ3) is 72.2. The minimum Gasteiger partial charge on any atom is 1.00 e. The minimum atomic E-state index is -3.39. The molecular weight excluding hydrogens is 1870 g/mol. The molecule has 656 valence electrons. The number of carbonyl (C=O) groups is 5. The van der Waals surface area contributed by atoms with E-state index in [1.807, 2.05) is 30.5 Å². The van der Waals surface area contributed by atoms with Crippen LogP contribution in [0.15, 0.2) is 123 Å². The molecule has 0 saturated heterocycles. The molecule has 0 aliphatic rings. The van der Waals surface area contributed by atoms with Crippen molar-refractivity contribution in [1.82, 2.24) is 59.1 Å². The number of rotatable bonds is 17. The Hall–Kier alpha value is -16.5. The van der Waals surface area contributed by atoms with Gasteiger partial charge in [0.2, 0.25) is 17.7 Å². The van der Waals surface area contributed by atoms with Crippen LogP contribution in [-0.2, 0) is 59.2 Å². The fourth-order valence-electron chi connectivity index (χ4n) is 6.51. The Morgan fingerprint density at radius 3 is 0.932 bits per heavy atom. The topological polar surface area (TPSA) is 421 Å². The van der Waals surface area contributed by atoms with Crippen LogP contribution < -0.4 is 56.5 Å². The van der Waals surface area contributed by atoms with Crippen molar-refractivity contribution in [3.8, 4) is 286 Å². The van der Waals surface area contributed by atoms with E-state index in [1.165, 1.54) is 45.3 Å². The molecule has 133 heavy (non-hydrogen) atoms. The quantitative estimate of drug-likeness (QED) is 0.0327. The number of aliphatic carboxylic acids is 2. The number of pyridine rings is 4. The van der Waals surface area contributed by atoms with Crippen molar-refractivity contribution in [2.45, 2.75) is 27.7 Å². The second-order valence-electron chi connectivity index (χ2n) is 20.8. The normalized spacial score (nSPS) is 7.88. The monoisotopic (exact) mass is 1930 g/mol. The van der Waals surface area contributed by atoms with E-state index in [9.17, 15) is 31.8 Å². The van der Waals surface area contributed by atoms with Gasteiger partial charge in [-0.3, -0.25) is 48.1 Å².